The van der Waals surface area contributed by atoms with Gasteiger partial charge in [0.25, 0.3) is 0 Å². The average Bonchev–Trinajstić information content (AvgIpc) is 2.70. The first-order valence-corrected chi connectivity index (χ1v) is 9.05. The lowest BCUT2D eigenvalue weighted by Gasteiger charge is -2.30. The van der Waals surface area contributed by atoms with Gasteiger partial charge in [-0.1, -0.05) is 43.7 Å². The number of urea groups is 1. The number of hydrogen-bond acceptors (Lipinski definition) is 4. The third-order valence-corrected chi connectivity index (χ3v) is 4.78. The Balaban J connectivity index is 2.25. The van der Waals surface area contributed by atoms with E-state index >= 15 is 0 Å². The van der Waals surface area contributed by atoms with E-state index in [1.54, 1.807) is 7.11 Å². The van der Waals surface area contributed by atoms with Crippen molar-refractivity contribution >= 4 is 22.8 Å². The number of esters is 1. The number of carbonyl (C=O) groups excluding carboxylic acids is 2. The zero-order valence-electron chi connectivity index (χ0n) is 15.8. The van der Waals surface area contributed by atoms with Crippen molar-refractivity contribution in [1.29, 1.82) is 0 Å². The maximum atomic E-state index is 12.7. The van der Waals surface area contributed by atoms with Crippen LogP contribution in [0.3, 0.4) is 0 Å². The molecule has 0 fully saturated rings. The van der Waals surface area contributed by atoms with Gasteiger partial charge in [0.2, 0.25) is 0 Å². The lowest BCUT2D eigenvalue weighted by molar-refractivity contribution is -0.136. The zero-order chi connectivity index (χ0) is 19.4. The van der Waals surface area contributed by atoms with Gasteiger partial charge in [0.1, 0.15) is 5.75 Å². The fourth-order valence-electron chi connectivity index (χ4n) is 3.49. The maximum absolute atomic E-state index is 12.7. The molecule has 1 unspecified atom stereocenters. The molecule has 2 aromatic rings. The third kappa shape index (κ3) is 3.60. The number of allylic oxidation sites excluding steroid dienone is 1. The second kappa shape index (κ2) is 8.12. The summed E-state index contributed by atoms with van der Waals surface area (Å²) >= 11 is 0. The smallest absolute Gasteiger partial charge is 0.337 e. The van der Waals surface area contributed by atoms with Crippen molar-refractivity contribution in [3.8, 4) is 5.75 Å². The molecule has 6 heteroatoms. The molecular formula is C21H24N2O4. The molecule has 6 nitrogen and oxygen atoms in total. The Morgan fingerprint density at radius 1 is 1.15 bits per heavy atom. The van der Waals surface area contributed by atoms with E-state index in [0.29, 0.717) is 23.4 Å². The SMILES string of the molecule is CCCCC1=C(C(=O)OC)C(c2c(OC)ccc3ccccc23)NC(=O)N1. The first-order chi connectivity index (χ1) is 13.1. The number of unbranched alkanes of at least 4 members (excludes halogenated alkanes) is 1. The van der Waals surface area contributed by atoms with Gasteiger partial charge in [-0.2, -0.15) is 0 Å². The molecule has 0 spiro atoms. The van der Waals surface area contributed by atoms with Gasteiger partial charge in [-0.3, -0.25) is 0 Å². The molecule has 0 saturated carbocycles. The van der Waals surface area contributed by atoms with E-state index in [1.165, 1.54) is 7.11 Å². The predicted molar refractivity (Wildman–Crippen MR) is 103 cm³/mol. The number of ether oxygens (including phenoxy) is 2. The Bertz CT molecular complexity index is 904. The summed E-state index contributed by atoms with van der Waals surface area (Å²) in [5.74, 6) is 0.144. The topological polar surface area (TPSA) is 76.7 Å². The molecular weight excluding hydrogens is 344 g/mol. The van der Waals surface area contributed by atoms with E-state index in [4.69, 9.17) is 9.47 Å². The van der Waals surface area contributed by atoms with Crippen molar-refractivity contribution in [3.05, 3.63) is 53.2 Å². The molecule has 1 atom stereocenters. The molecule has 0 bridgehead atoms. The summed E-state index contributed by atoms with van der Waals surface area (Å²) in [4.78, 5) is 25.0. The van der Waals surface area contributed by atoms with Gasteiger partial charge < -0.3 is 20.1 Å². The Labute approximate surface area is 158 Å². The van der Waals surface area contributed by atoms with Gasteiger partial charge in [-0.05, 0) is 29.7 Å². The molecule has 0 aromatic heterocycles. The normalized spacial score (nSPS) is 16.7. The zero-order valence-corrected chi connectivity index (χ0v) is 15.8. The number of benzene rings is 2. The number of methoxy groups -OCH3 is 2. The molecule has 2 aromatic carbocycles. The second-order valence-corrected chi connectivity index (χ2v) is 6.42. The lowest BCUT2D eigenvalue weighted by Crippen LogP contribution is -2.46. The minimum atomic E-state index is -0.654. The summed E-state index contributed by atoms with van der Waals surface area (Å²) in [6.45, 7) is 2.06. The first kappa shape index (κ1) is 18.8. The Hall–Kier alpha value is -3.02. The van der Waals surface area contributed by atoms with Crippen LogP contribution >= 0.6 is 0 Å². The maximum Gasteiger partial charge on any atom is 0.337 e. The van der Waals surface area contributed by atoms with Gasteiger partial charge in [0.05, 0.1) is 25.8 Å². The van der Waals surface area contributed by atoms with Gasteiger partial charge in [-0.25, -0.2) is 9.59 Å². The molecule has 1 heterocycles. The number of hydrogen-bond donors (Lipinski definition) is 2. The van der Waals surface area contributed by atoms with Crippen molar-refractivity contribution in [1.82, 2.24) is 10.6 Å². The molecule has 0 radical (unpaired) electrons. The van der Waals surface area contributed by atoms with Crippen LogP contribution in [0.25, 0.3) is 10.8 Å². The predicted octanol–water partition coefficient (Wildman–Crippen LogP) is 3.82. The van der Waals surface area contributed by atoms with Crippen molar-refractivity contribution < 1.29 is 19.1 Å². The number of rotatable bonds is 6. The highest BCUT2D eigenvalue weighted by Crippen LogP contribution is 2.39. The minimum Gasteiger partial charge on any atom is -0.496 e. The summed E-state index contributed by atoms with van der Waals surface area (Å²) in [5.41, 5.74) is 1.77. The van der Waals surface area contributed by atoms with Crippen molar-refractivity contribution in [2.75, 3.05) is 14.2 Å². The van der Waals surface area contributed by atoms with Crippen LogP contribution in [0.5, 0.6) is 5.75 Å². The van der Waals surface area contributed by atoms with Gasteiger partial charge in [0.15, 0.2) is 0 Å². The second-order valence-electron chi connectivity index (χ2n) is 6.42. The van der Waals surface area contributed by atoms with Crippen LogP contribution < -0.4 is 15.4 Å². The van der Waals surface area contributed by atoms with Gasteiger partial charge >= 0.3 is 12.0 Å². The monoisotopic (exact) mass is 368 g/mol. The van der Waals surface area contributed by atoms with Crippen LogP contribution in [0.4, 0.5) is 4.79 Å². The summed E-state index contributed by atoms with van der Waals surface area (Å²) in [5, 5.41) is 7.59. The number of nitrogens with one attached hydrogen (secondary N) is 2. The van der Waals surface area contributed by atoms with E-state index in [9.17, 15) is 9.59 Å². The quantitative estimate of drug-likeness (QED) is 0.760. The van der Waals surface area contributed by atoms with Crippen molar-refractivity contribution in [2.45, 2.75) is 32.2 Å². The molecule has 27 heavy (non-hydrogen) atoms. The largest absolute Gasteiger partial charge is 0.496 e. The number of amides is 2. The minimum absolute atomic E-state index is 0.339. The van der Waals surface area contributed by atoms with E-state index in [1.807, 2.05) is 36.4 Å². The van der Waals surface area contributed by atoms with Crippen LogP contribution in [0.2, 0.25) is 0 Å². The average molecular weight is 368 g/mol. The van der Waals surface area contributed by atoms with Gasteiger partial charge in [-0.15, -0.1) is 0 Å². The van der Waals surface area contributed by atoms with Crippen LogP contribution in [0.15, 0.2) is 47.7 Å². The summed E-state index contributed by atoms with van der Waals surface area (Å²) in [6, 6.07) is 10.6. The lowest BCUT2D eigenvalue weighted by atomic mass is 9.89. The molecule has 0 aliphatic carbocycles. The van der Waals surface area contributed by atoms with Crippen molar-refractivity contribution in [3.63, 3.8) is 0 Å². The molecule has 1 aliphatic heterocycles. The third-order valence-electron chi connectivity index (χ3n) is 4.78. The Morgan fingerprint density at radius 3 is 2.63 bits per heavy atom. The molecule has 0 saturated heterocycles. The summed E-state index contributed by atoms with van der Waals surface area (Å²) in [7, 11) is 2.93. The standard InChI is InChI=1S/C21H24N2O4/c1-4-5-10-15-18(20(24)27-3)19(23-21(25)22-15)17-14-9-7-6-8-13(14)11-12-16(17)26-2/h6-9,11-12,19H,4-5,10H2,1-3H3,(H2,22,23,25). The number of fused-ring (bicyclic) bond motifs is 1. The summed E-state index contributed by atoms with van der Waals surface area (Å²) in [6.07, 6.45) is 2.40. The fourth-order valence-corrected chi connectivity index (χ4v) is 3.49. The Kier molecular flexibility index (Phi) is 5.64. The van der Waals surface area contributed by atoms with Crippen LogP contribution in [-0.4, -0.2) is 26.2 Å². The van der Waals surface area contributed by atoms with Crippen LogP contribution in [0.1, 0.15) is 37.8 Å². The van der Waals surface area contributed by atoms with Crippen LogP contribution in [-0.2, 0) is 9.53 Å². The highest BCUT2D eigenvalue weighted by molar-refractivity contribution is 5.98. The Morgan fingerprint density at radius 2 is 1.93 bits per heavy atom. The van der Waals surface area contributed by atoms with Crippen molar-refractivity contribution in [2.24, 2.45) is 0 Å². The van der Waals surface area contributed by atoms with E-state index in [0.717, 1.165) is 29.2 Å². The van der Waals surface area contributed by atoms with E-state index in [-0.39, 0.29) is 6.03 Å². The molecule has 2 N–H and O–H groups in total. The molecule has 3 rings (SSSR count). The fraction of sp³-hybridized carbons (Fsp3) is 0.333. The number of carbonyl (C=O) groups is 2. The van der Waals surface area contributed by atoms with E-state index < -0.39 is 12.0 Å². The molecule has 1 aliphatic rings. The van der Waals surface area contributed by atoms with E-state index in [2.05, 4.69) is 17.6 Å². The summed E-state index contributed by atoms with van der Waals surface area (Å²) < 4.78 is 10.6. The molecule has 2 amide bonds. The highest BCUT2D eigenvalue weighted by atomic mass is 16.5. The molecule has 142 valence electrons. The van der Waals surface area contributed by atoms with Crippen LogP contribution in [0, 0.1) is 0 Å². The first-order valence-electron chi connectivity index (χ1n) is 9.05. The highest BCUT2D eigenvalue weighted by Gasteiger charge is 2.35. The van der Waals surface area contributed by atoms with Gasteiger partial charge in [0, 0.05) is 11.3 Å².